The predicted molar refractivity (Wildman–Crippen MR) is 119 cm³/mol. The minimum atomic E-state index is -0.607. The third-order valence-corrected chi connectivity index (χ3v) is 5.12. The minimum absolute atomic E-state index is 0.00152. The number of hydrogen-bond acceptors (Lipinski definition) is 5. The molecule has 2 N–H and O–H groups in total. The van der Waals surface area contributed by atoms with Crippen molar-refractivity contribution < 1.29 is 14.8 Å². The third-order valence-electron chi connectivity index (χ3n) is 4.62. The van der Waals surface area contributed by atoms with Crippen LogP contribution in [-0.2, 0) is 0 Å². The van der Waals surface area contributed by atoms with E-state index in [1.54, 1.807) is 0 Å². The summed E-state index contributed by atoms with van der Waals surface area (Å²) in [6.45, 7) is 0. The van der Waals surface area contributed by atoms with Crippen LogP contribution in [0.5, 0.6) is 5.75 Å². The molecule has 4 aromatic rings. The number of amides is 1. The van der Waals surface area contributed by atoms with Gasteiger partial charge in [-0.3, -0.25) is 14.9 Å². The van der Waals surface area contributed by atoms with Gasteiger partial charge in [-0.1, -0.05) is 58.1 Å². The molecular formula is C22H14BrN4O4-. The highest BCUT2D eigenvalue weighted by Gasteiger charge is 2.19. The second-order valence-electron chi connectivity index (χ2n) is 6.61. The van der Waals surface area contributed by atoms with Crippen LogP contribution in [0.4, 0.5) is 5.69 Å². The Balaban J connectivity index is 1.68. The fourth-order valence-electron chi connectivity index (χ4n) is 3.21. The molecular weight excluding hydrogens is 464 g/mol. The van der Waals surface area contributed by atoms with E-state index in [1.807, 2.05) is 48.5 Å². The summed E-state index contributed by atoms with van der Waals surface area (Å²) in [6, 6.07) is 18.4. The standard InChI is InChI=1S/C22H15BrN4O4/c23-15-6-8-18-17(11-15)20(13-4-2-1-3-5-13)21(25-18)22(29)26-24-12-14-10-16(27(30)31)7-9-19(14)28/h1-12,25,28H,(H,26,29)/p-1. The number of non-ortho nitro benzene ring substituents is 1. The molecule has 0 aliphatic carbocycles. The average Bonchev–Trinajstić information content (AvgIpc) is 3.14. The van der Waals surface area contributed by atoms with Gasteiger partial charge in [0.25, 0.3) is 11.6 Å². The molecule has 9 heteroatoms. The number of nitrogens with zero attached hydrogens (tertiary/aromatic N) is 2. The molecule has 0 spiro atoms. The van der Waals surface area contributed by atoms with Gasteiger partial charge in [0.05, 0.1) is 11.1 Å². The molecule has 0 saturated heterocycles. The van der Waals surface area contributed by atoms with Gasteiger partial charge in [0.15, 0.2) is 0 Å². The summed E-state index contributed by atoms with van der Waals surface area (Å²) in [4.78, 5) is 26.3. The van der Waals surface area contributed by atoms with Crippen molar-refractivity contribution in [2.75, 3.05) is 0 Å². The van der Waals surface area contributed by atoms with Gasteiger partial charge in [0, 0.05) is 33.1 Å². The molecule has 0 aliphatic rings. The quantitative estimate of drug-likeness (QED) is 0.252. The Hall–Kier alpha value is -3.98. The van der Waals surface area contributed by atoms with Crippen LogP contribution in [0.2, 0.25) is 0 Å². The topological polar surface area (TPSA) is 123 Å². The summed E-state index contributed by atoms with van der Waals surface area (Å²) in [7, 11) is 0. The summed E-state index contributed by atoms with van der Waals surface area (Å²) in [5.74, 6) is -0.954. The lowest BCUT2D eigenvalue weighted by atomic mass is 10.0. The van der Waals surface area contributed by atoms with Gasteiger partial charge in [0.1, 0.15) is 5.69 Å². The molecule has 0 radical (unpaired) electrons. The Bertz CT molecular complexity index is 1330. The summed E-state index contributed by atoms with van der Waals surface area (Å²) < 4.78 is 0.870. The molecule has 0 saturated carbocycles. The maximum Gasteiger partial charge on any atom is 0.288 e. The highest BCUT2D eigenvalue weighted by molar-refractivity contribution is 9.10. The lowest BCUT2D eigenvalue weighted by Crippen LogP contribution is -2.19. The Morgan fingerprint density at radius 2 is 1.87 bits per heavy atom. The number of aromatic amines is 1. The minimum Gasteiger partial charge on any atom is -0.872 e. The largest absolute Gasteiger partial charge is 0.872 e. The van der Waals surface area contributed by atoms with Gasteiger partial charge >= 0.3 is 0 Å². The first kappa shape index (κ1) is 20.3. The van der Waals surface area contributed by atoms with Crippen molar-refractivity contribution in [3.05, 3.63) is 92.6 Å². The van der Waals surface area contributed by atoms with Gasteiger partial charge < -0.3 is 10.1 Å². The number of benzene rings is 3. The number of rotatable bonds is 5. The first-order valence-electron chi connectivity index (χ1n) is 9.09. The number of hydrogen-bond donors (Lipinski definition) is 2. The Morgan fingerprint density at radius 1 is 1.10 bits per heavy atom. The number of halogens is 1. The van der Waals surface area contributed by atoms with Gasteiger partial charge in [0.2, 0.25) is 0 Å². The first-order chi connectivity index (χ1) is 14.9. The monoisotopic (exact) mass is 477 g/mol. The molecule has 0 fully saturated rings. The fraction of sp³-hybridized carbons (Fsp3) is 0. The number of aromatic nitrogens is 1. The van der Waals surface area contributed by atoms with Crippen molar-refractivity contribution in [3.63, 3.8) is 0 Å². The number of fused-ring (bicyclic) bond motifs is 1. The van der Waals surface area contributed by atoms with E-state index in [0.717, 1.165) is 45.4 Å². The van der Waals surface area contributed by atoms with Crippen LogP contribution in [0, 0.1) is 10.1 Å². The van der Waals surface area contributed by atoms with Crippen molar-refractivity contribution >= 4 is 44.6 Å². The van der Waals surface area contributed by atoms with Crippen molar-refractivity contribution in [3.8, 4) is 16.9 Å². The van der Waals surface area contributed by atoms with Crippen molar-refractivity contribution in [2.45, 2.75) is 0 Å². The van der Waals surface area contributed by atoms with E-state index < -0.39 is 16.6 Å². The zero-order valence-electron chi connectivity index (χ0n) is 15.8. The molecule has 31 heavy (non-hydrogen) atoms. The number of nitro benzene ring substituents is 1. The lowest BCUT2D eigenvalue weighted by molar-refractivity contribution is -0.385. The summed E-state index contributed by atoms with van der Waals surface area (Å²) in [6.07, 6.45) is 1.09. The normalized spacial score (nSPS) is 11.1. The predicted octanol–water partition coefficient (Wildman–Crippen LogP) is 4.34. The smallest absolute Gasteiger partial charge is 0.288 e. The van der Waals surface area contributed by atoms with Crippen LogP contribution in [-0.4, -0.2) is 22.0 Å². The van der Waals surface area contributed by atoms with E-state index in [-0.39, 0.29) is 11.3 Å². The van der Waals surface area contributed by atoms with Crippen molar-refractivity contribution in [2.24, 2.45) is 5.10 Å². The molecule has 1 heterocycles. The molecule has 3 aromatic carbocycles. The number of carbonyl (C=O) groups is 1. The number of nitro groups is 1. The van der Waals surface area contributed by atoms with Crippen LogP contribution >= 0.6 is 15.9 Å². The molecule has 8 nitrogen and oxygen atoms in total. The third kappa shape index (κ3) is 4.17. The molecule has 154 valence electrons. The number of nitrogens with one attached hydrogen (secondary N) is 2. The maximum atomic E-state index is 12.9. The van der Waals surface area contributed by atoms with Gasteiger partial charge in [-0.2, -0.15) is 5.10 Å². The molecule has 0 bridgehead atoms. The highest BCUT2D eigenvalue weighted by Crippen LogP contribution is 2.34. The maximum absolute atomic E-state index is 12.9. The molecule has 0 unspecified atom stereocenters. The highest BCUT2D eigenvalue weighted by atomic mass is 79.9. The van der Waals surface area contributed by atoms with Gasteiger partial charge in [-0.25, -0.2) is 5.43 Å². The summed E-state index contributed by atoms with van der Waals surface area (Å²) in [5, 5.41) is 27.5. The Labute approximate surface area is 184 Å². The van der Waals surface area contributed by atoms with Crippen LogP contribution in [0.3, 0.4) is 0 Å². The second-order valence-corrected chi connectivity index (χ2v) is 7.52. The van der Waals surface area contributed by atoms with Gasteiger partial charge in [-0.15, -0.1) is 0 Å². The second kappa shape index (κ2) is 8.41. The Morgan fingerprint density at radius 3 is 2.61 bits per heavy atom. The van der Waals surface area contributed by atoms with E-state index in [4.69, 9.17) is 0 Å². The molecule has 4 rings (SSSR count). The van der Waals surface area contributed by atoms with Gasteiger partial charge in [-0.05, 0) is 29.3 Å². The fourth-order valence-corrected chi connectivity index (χ4v) is 3.57. The number of hydrazone groups is 1. The van der Waals surface area contributed by atoms with E-state index in [0.29, 0.717) is 11.3 Å². The van der Waals surface area contributed by atoms with Crippen LogP contribution < -0.4 is 10.5 Å². The van der Waals surface area contributed by atoms with Crippen LogP contribution in [0.25, 0.3) is 22.0 Å². The molecule has 0 atom stereocenters. The molecule has 1 amide bonds. The molecule has 1 aromatic heterocycles. The first-order valence-corrected chi connectivity index (χ1v) is 9.89. The van der Waals surface area contributed by atoms with E-state index in [9.17, 15) is 20.0 Å². The average molecular weight is 478 g/mol. The lowest BCUT2D eigenvalue weighted by Gasteiger charge is -2.08. The molecule has 0 aliphatic heterocycles. The summed E-state index contributed by atoms with van der Waals surface area (Å²) >= 11 is 3.46. The van der Waals surface area contributed by atoms with Crippen molar-refractivity contribution in [1.82, 2.24) is 10.4 Å². The van der Waals surface area contributed by atoms with E-state index in [1.165, 1.54) is 0 Å². The summed E-state index contributed by atoms with van der Waals surface area (Å²) in [5.41, 5.74) is 4.79. The zero-order chi connectivity index (χ0) is 22.0. The van der Waals surface area contributed by atoms with Crippen LogP contribution in [0.15, 0.2) is 76.3 Å². The zero-order valence-corrected chi connectivity index (χ0v) is 17.4. The van der Waals surface area contributed by atoms with E-state index >= 15 is 0 Å². The van der Waals surface area contributed by atoms with Crippen molar-refractivity contribution in [1.29, 1.82) is 0 Å². The number of H-pyrrole nitrogens is 1. The van der Waals surface area contributed by atoms with E-state index in [2.05, 4.69) is 31.4 Å². The Kier molecular flexibility index (Phi) is 5.50. The van der Waals surface area contributed by atoms with Crippen LogP contribution in [0.1, 0.15) is 16.1 Å². The number of carbonyl (C=O) groups excluding carboxylic acids is 1. The SMILES string of the molecule is O=C(NN=Cc1cc([N+](=O)[O-])ccc1[O-])c1[nH]c2ccc(Br)cc2c1-c1ccccc1.